The van der Waals surface area contributed by atoms with Crippen LogP contribution in [0.4, 0.5) is 5.69 Å². The molecule has 1 aromatic rings. The Bertz CT molecular complexity index is 1090. The number of carboxylic acid groups (broad SMARTS) is 1. The molecule has 11 nitrogen and oxygen atoms in total. The van der Waals surface area contributed by atoms with Crippen LogP contribution in [0, 0.1) is 29.6 Å². The van der Waals surface area contributed by atoms with Crippen molar-refractivity contribution in [1.82, 2.24) is 5.32 Å². The number of rotatable bonds is 14. The average Bonchev–Trinajstić information content (AvgIpc) is 3.07. The zero-order chi connectivity index (χ0) is 28.6. The van der Waals surface area contributed by atoms with E-state index in [4.69, 9.17) is 10.5 Å². The number of primary amides is 1. The highest BCUT2D eigenvalue weighted by molar-refractivity contribution is 6.22. The van der Waals surface area contributed by atoms with Gasteiger partial charge in [0.1, 0.15) is 6.61 Å². The largest absolute Gasteiger partial charge is 0.481 e. The van der Waals surface area contributed by atoms with Crippen LogP contribution in [0.15, 0.2) is 42.5 Å². The van der Waals surface area contributed by atoms with Crippen LogP contribution in [0.2, 0.25) is 0 Å². The molecule has 4 amide bonds. The minimum absolute atomic E-state index is 0.0392. The summed E-state index contributed by atoms with van der Waals surface area (Å²) in [5.74, 6) is -8.25. The number of carboxylic acids is 1. The second kappa shape index (κ2) is 13.5. The van der Waals surface area contributed by atoms with Crippen molar-refractivity contribution in [3.8, 4) is 0 Å². The minimum Gasteiger partial charge on any atom is -0.481 e. The summed E-state index contributed by atoms with van der Waals surface area (Å²) >= 11 is 0. The van der Waals surface area contributed by atoms with Gasteiger partial charge in [0.15, 0.2) is 0 Å². The maximum Gasteiger partial charge on any atom is 0.333 e. The Morgan fingerprint density at radius 1 is 1.11 bits per heavy atom. The summed E-state index contributed by atoms with van der Waals surface area (Å²) in [6.45, 7) is 8.07. The molecule has 11 heteroatoms. The van der Waals surface area contributed by atoms with E-state index in [1.54, 1.807) is 44.2 Å². The van der Waals surface area contributed by atoms with Crippen molar-refractivity contribution < 1.29 is 38.6 Å². The summed E-state index contributed by atoms with van der Waals surface area (Å²) in [4.78, 5) is 75.1. The molecule has 0 spiro atoms. The molecule has 4 N–H and O–H groups in total. The number of benzene rings is 1. The minimum atomic E-state index is -1.21. The number of hydrogen-bond acceptors (Lipinski definition) is 7. The fourth-order valence-corrected chi connectivity index (χ4v) is 4.43. The number of hydrogen-bond donors (Lipinski definition) is 3. The molecule has 0 radical (unpaired) electrons. The average molecular weight is 530 g/mol. The molecule has 0 aromatic heterocycles. The van der Waals surface area contributed by atoms with Gasteiger partial charge in [-0.05, 0) is 38.3 Å². The van der Waals surface area contributed by atoms with E-state index in [2.05, 4.69) is 11.9 Å². The van der Waals surface area contributed by atoms with E-state index in [-0.39, 0.29) is 38.0 Å². The second-order valence-corrected chi connectivity index (χ2v) is 9.69. The molecule has 0 aliphatic carbocycles. The van der Waals surface area contributed by atoms with E-state index in [9.17, 15) is 33.9 Å². The lowest BCUT2D eigenvalue weighted by Gasteiger charge is -2.23. The van der Waals surface area contributed by atoms with Crippen molar-refractivity contribution in [2.24, 2.45) is 35.3 Å². The second-order valence-electron chi connectivity index (χ2n) is 9.69. The molecule has 2 rings (SSSR count). The SMILES string of the molecule is C=C(C)C(=O)OCCNC(=O)C(C)CC(CC(CC1C(=O)N(c2ccccc2)C(=O)C1C)C(N)=O)C(=O)O. The van der Waals surface area contributed by atoms with Crippen LogP contribution >= 0.6 is 0 Å². The summed E-state index contributed by atoms with van der Waals surface area (Å²) in [6.07, 6.45) is -0.350. The molecule has 1 heterocycles. The van der Waals surface area contributed by atoms with Gasteiger partial charge in [0, 0.05) is 23.3 Å². The highest BCUT2D eigenvalue weighted by Crippen LogP contribution is 2.36. The summed E-state index contributed by atoms with van der Waals surface area (Å²) in [5, 5.41) is 12.4. The van der Waals surface area contributed by atoms with Gasteiger partial charge >= 0.3 is 11.9 Å². The topological polar surface area (TPSA) is 173 Å². The molecule has 1 fully saturated rings. The van der Waals surface area contributed by atoms with E-state index in [1.807, 2.05) is 0 Å². The van der Waals surface area contributed by atoms with Gasteiger partial charge in [0.2, 0.25) is 23.6 Å². The normalized spacial score (nSPS) is 19.4. The number of imide groups is 1. The van der Waals surface area contributed by atoms with Crippen molar-refractivity contribution >= 4 is 41.3 Å². The molecule has 1 aliphatic heterocycles. The molecule has 206 valence electrons. The van der Waals surface area contributed by atoms with Crippen LogP contribution in [0.25, 0.3) is 0 Å². The number of amides is 4. The Hall–Kier alpha value is -4.02. The van der Waals surface area contributed by atoms with Crippen molar-refractivity contribution in [3.05, 3.63) is 42.5 Å². The molecular weight excluding hydrogens is 494 g/mol. The number of carbonyl (C=O) groups is 6. The lowest BCUT2D eigenvalue weighted by atomic mass is 9.80. The van der Waals surface area contributed by atoms with Gasteiger partial charge in [0.25, 0.3) is 0 Å². The first kappa shape index (κ1) is 30.2. The van der Waals surface area contributed by atoms with Gasteiger partial charge in [0.05, 0.1) is 24.1 Å². The molecule has 1 saturated heterocycles. The van der Waals surface area contributed by atoms with Gasteiger partial charge in [-0.2, -0.15) is 0 Å². The fourth-order valence-electron chi connectivity index (χ4n) is 4.43. The monoisotopic (exact) mass is 529 g/mol. The van der Waals surface area contributed by atoms with Crippen LogP contribution < -0.4 is 16.0 Å². The number of esters is 1. The Labute approximate surface area is 221 Å². The van der Waals surface area contributed by atoms with E-state index < -0.39 is 65.2 Å². The number of aliphatic carboxylic acids is 1. The number of nitrogens with one attached hydrogen (secondary N) is 1. The van der Waals surface area contributed by atoms with Crippen LogP contribution in [0.1, 0.15) is 40.0 Å². The summed E-state index contributed by atoms with van der Waals surface area (Å²) in [7, 11) is 0. The van der Waals surface area contributed by atoms with Gasteiger partial charge < -0.3 is 20.9 Å². The molecular formula is C27H35N3O8. The summed E-state index contributed by atoms with van der Waals surface area (Å²) < 4.78 is 4.90. The molecule has 1 aromatic carbocycles. The van der Waals surface area contributed by atoms with Crippen LogP contribution in [0.3, 0.4) is 0 Å². The van der Waals surface area contributed by atoms with Crippen LogP contribution in [-0.4, -0.2) is 53.8 Å². The Morgan fingerprint density at radius 3 is 2.29 bits per heavy atom. The first-order chi connectivity index (χ1) is 17.8. The van der Waals surface area contributed by atoms with Crippen molar-refractivity contribution in [2.45, 2.75) is 40.0 Å². The number of anilines is 1. The molecule has 0 saturated carbocycles. The quantitative estimate of drug-likeness (QED) is 0.141. The predicted molar refractivity (Wildman–Crippen MR) is 137 cm³/mol. The Morgan fingerprint density at radius 2 is 1.74 bits per heavy atom. The highest BCUT2D eigenvalue weighted by atomic mass is 16.5. The van der Waals surface area contributed by atoms with E-state index in [1.165, 1.54) is 6.92 Å². The number of para-hydroxylation sites is 1. The van der Waals surface area contributed by atoms with E-state index >= 15 is 0 Å². The predicted octanol–water partition coefficient (Wildman–Crippen LogP) is 1.66. The zero-order valence-electron chi connectivity index (χ0n) is 21.8. The molecule has 5 unspecified atom stereocenters. The van der Waals surface area contributed by atoms with Crippen LogP contribution in [0.5, 0.6) is 0 Å². The third-order valence-electron chi connectivity index (χ3n) is 6.69. The van der Waals surface area contributed by atoms with E-state index in [0.717, 1.165) is 4.90 Å². The van der Waals surface area contributed by atoms with Gasteiger partial charge in [-0.15, -0.1) is 0 Å². The smallest absolute Gasteiger partial charge is 0.333 e. The number of carbonyl (C=O) groups excluding carboxylic acids is 5. The van der Waals surface area contributed by atoms with E-state index in [0.29, 0.717) is 5.69 Å². The fraction of sp³-hybridized carbons (Fsp3) is 0.481. The van der Waals surface area contributed by atoms with Gasteiger partial charge in [-0.3, -0.25) is 28.9 Å². The summed E-state index contributed by atoms with van der Waals surface area (Å²) in [6, 6.07) is 8.42. The lowest BCUT2D eigenvalue weighted by Crippen LogP contribution is -2.36. The number of ether oxygens (including phenoxy) is 1. The van der Waals surface area contributed by atoms with Crippen LogP contribution in [-0.2, 0) is 33.5 Å². The third kappa shape index (κ3) is 7.74. The standard InChI is InChI=1S/C27H35N3O8/c1-15(2)27(37)38-11-10-29-23(32)16(3)12-19(26(35)36)13-18(22(28)31)14-21-17(4)24(33)30(25(21)34)20-8-6-5-7-9-20/h5-9,16-19,21H,1,10-14H2,2-4H3,(H2,28,31)(H,29,32)(H,35,36). The zero-order valence-corrected chi connectivity index (χ0v) is 21.8. The van der Waals surface area contributed by atoms with Crippen molar-refractivity contribution in [3.63, 3.8) is 0 Å². The van der Waals surface area contributed by atoms with Gasteiger partial charge in [-0.1, -0.05) is 38.6 Å². The van der Waals surface area contributed by atoms with Gasteiger partial charge in [-0.25, -0.2) is 4.79 Å². The molecule has 0 bridgehead atoms. The lowest BCUT2D eigenvalue weighted by molar-refractivity contribution is -0.144. The highest BCUT2D eigenvalue weighted by Gasteiger charge is 2.47. The maximum absolute atomic E-state index is 13.1. The molecule has 5 atom stereocenters. The van der Waals surface area contributed by atoms with Crippen molar-refractivity contribution in [2.75, 3.05) is 18.1 Å². The number of nitrogens with zero attached hydrogens (tertiary/aromatic N) is 1. The first-order valence-electron chi connectivity index (χ1n) is 12.4. The Kier molecular flexibility index (Phi) is 10.7. The first-order valence-corrected chi connectivity index (χ1v) is 12.4. The number of nitrogens with two attached hydrogens (primary N) is 1. The maximum atomic E-state index is 13.1. The third-order valence-corrected chi connectivity index (χ3v) is 6.69. The molecule has 38 heavy (non-hydrogen) atoms. The summed E-state index contributed by atoms with van der Waals surface area (Å²) in [5.41, 5.74) is 6.23. The molecule has 1 aliphatic rings. The van der Waals surface area contributed by atoms with Crippen molar-refractivity contribution in [1.29, 1.82) is 0 Å². The Balaban J connectivity index is 2.03.